The molecule has 0 aliphatic rings. The fraction of sp³-hybridized carbons (Fsp3) is 0.316. The van der Waals surface area contributed by atoms with E-state index in [-0.39, 0.29) is 24.0 Å². The fourth-order valence-corrected chi connectivity index (χ4v) is 3.48. The van der Waals surface area contributed by atoms with Crippen LogP contribution in [0.3, 0.4) is 0 Å². The summed E-state index contributed by atoms with van der Waals surface area (Å²) < 4.78 is 1.66. The van der Waals surface area contributed by atoms with E-state index in [1.807, 2.05) is 45.0 Å². The molecule has 9 heteroatoms. The summed E-state index contributed by atoms with van der Waals surface area (Å²) in [5.74, 6) is 0.263. The Balaban J connectivity index is 1.45. The maximum absolute atomic E-state index is 12.1. The molecule has 0 atom stereocenters. The third kappa shape index (κ3) is 4.86. The number of aromatic nitrogens is 4. The zero-order valence-electron chi connectivity index (χ0n) is 16.0. The Bertz CT molecular complexity index is 1000. The molecule has 28 heavy (non-hydrogen) atoms. The van der Waals surface area contributed by atoms with Gasteiger partial charge in [0.05, 0.1) is 5.75 Å². The Morgan fingerprint density at radius 2 is 1.79 bits per heavy atom. The van der Waals surface area contributed by atoms with E-state index in [4.69, 9.17) is 0 Å². The summed E-state index contributed by atoms with van der Waals surface area (Å²) in [6, 6.07) is 7.93. The lowest BCUT2D eigenvalue weighted by molar-refractivity contribution is -0.127. The van der Waals surface area contributed by atoms with Crippen LogP contribution in [0.5, 0.6) is 0 Å². The van der Waals surface area contributed by atoms with E-state index in [2.05, 4.69) is 25.9 Å². The molecule has 0 radical (unpaired) electrons. The van der Waals surface area contributed by atoms with Crippen LogP contribution < -0.4 is 10.9 Å². The Labute approximate surface area is 167 Å². The Morgan fingerprint density at radius 3 is 2.54 bits per heavy atom. The number of nitrogens with zero attached hydrogens (tertiary/aromatic N) is 4. The number of nitrogens with one attached hydrogen (secondary N) is 2. The summed E-state index contributed by atoms with van der Waals surface area (Å²) in [7, 11) is 0. The average molecular weight is 398 g/mol. The summed E-state index contributed by atoms with van der Waals surface area (Å²) >= 11 is 1.42. The number of benzene rings is 1. The van der Waals surface area contributed by atoms with E-state index in [9.17, 15) is 9.59 Å². The van der Waals surface area contributed by atoms with Gasteiger partial charge in [-0.05, 0) is 44.9 Å². The second kappa shape index (κ2) is 8.83. The van der Waals surface area contributed by atoms with Gasteiger partial charge >= 0.3 is 0 Å². The number of hydrogen-bond donors (Lipinski definition) is 2. The van der Waals surface area contributed by atoms with Gasteiger partial charge in [0.1, 0.15) is 6.33 Å². The number of amides is 2. The second-order valence-electron chi connectivity index (χ2n) is 6.43. The van der Waals surface area contributed by atoms with Gasteiger partial charge in [-0.25, -0.2) is 9.50 Å². The monoisotopic (exact) mass is 398 g/mol. The minimum absolute atomic E-state index is 0.231. The fourth-order valence-electron chi connectivity index (χ4n) is 2.78. The smallest absolute Gasteiger partial charge is 0.252 e. The predicted molar refractivity (Wildman–Crippen MR) is 107 cm³/mol. The number of hydrazine groups is 1. The first-order valence-electron chi connectivity index (χ1n) is 8.87. The molecule has 0 unspecified atom stereocenters. The van der Waals surface area contributed by atoms with Gasteiger partial charge < -0.3 is 0 Å². The third-order valence-electron chi connectivity index (χ3n) is 4.32. The van der Waals surface area contributed by atoms with Gasteiger partial charge in [-0.3, -0.25) is 20.4 Å². The van der Waals surface area contributed by atoms with Gasteiger partial charge in [0.25, 0.3) is 5.78 Å². The molecule has 8 nitrogen and oxygen atoms in total. The van der Waals surface area contributed by atoms with Crippen LogP contribution in [0.15, 0.2) is 35.5 Å². The van der Waals surface area contributed by atoms with Crippen molar-refractivity contribution in [1.82, 2.24) is 30.4 Å². The highest BCUT2D eigenvalue weighted by atomic mass is 32.2. The zero-order chi connectivity index (χ0) is 20.1. The quantitative estimate of drug-likeness (QED) is 0.486. The van der Waals surface area contributed by atoms with Crippen LogP contribution in [0.4, 0.5) is 0 Å². The largest absolute Gasteiger partial charge is 0.273 e. The lowest BCUT2D eigenvalue weighted by Gasteiger charge is -2.11. The van der Waals surface area contributed by atoms with Gasteiger partial charge in [-0.15, -0.1) is 11.8 Å². The Kier molecular flexibility index (Phi) is 6.25. The Hall–Kier alpha value is -2.94. The SMILES string of the molecule is Cc1ccc(SCC(=O)NNC(=O)CCc2c(C)nc3ncnn3c2C)cc1. The minimum atomic E-state index is -0.258. The van der Waals surface area contributed by atoms with Crippen molar-refractivity contribution < 1.29 is 9.59 Å². The third-order valence-corrected chi connectivity index (χ3v) is 5.33. The summed E-state index contributed by atoms with van der Waals surface area (Å²) in [5, 5.41) is 4.14. The van der Waals surface area contributed by atoms with Crippen molar-refractivity contribution in [2.24, 2.45) is 0 Å². The molecule has 146 valence electrons. The highest BCUT2D eigenvalue weighted by molar-refractivity contribution is 8.00. The van der Waals surface area contributed by atoms with Crippen LogP contribution in [-0.4, -0.2) is 37.1 Å². The topological polar surface area (TPSA) is 101 Å². The van der Waals surface area contributed by atoms with E-state index < -0.39 is 0 Å². The van der Waals surface area contributed by atoms with Crippen LogP contribution in [-0.2, 0) is 16.0 Å². The minimum Gasteiger partial charge on any atom is -0.273 e. The first kappa shape index (κ1) is 19.8. The molecule has 2 N–H and O–H groups in total. The lowest BCUT2D eigenvalue weighted by Crippen LogP contribution is -2.42. The number of hydrogen-bond acceptors (Lipinski definition) is 6. The van der Waals surface area contributed by atoms with Gasteiger partial charge in [0, 0.05) is 22.7 Å². The van der Waals surface area contributed by atoms with Crippen molar-refractivity contribution in [1.29, 1.82) is 0 Å². The molecule has 0 fully saturated rings. The molecule has 2 heterocycles. The van der Waals surface area contributed by atoms with Crippen LogP contribution in [0.2, 0.25) is 0 Å². The number of carbonyl (C=O) groups is 2. The molecule has 1 aromatic carbocycles. The summed E-state index contributed by atoms with van der Waals surface area (Å²) in [6.07, 6.45) is 2.19. The molecule has 3 aromatic rings. The molecule has 0 saturated carbocycles. The second-order valence-corrected chi connectivity index (χ2v) is 7.48. The number of fused-ring (bicyclic) bond motifs is 1. The molecular weight excluding hydrogens is 376 g/mol. The molecule has 2 amide bonds. The number of carbonyl (C=O) groups excluding carboxylic acids is 2. The summed E-state index contributed by atoms with van der Waals surface area (Å²) in [4.78, 5) is 33.5. The van der Waals surface area contributed by atoms with Gasteiger partial charge in [0.15, 0.2) is 0 Å². The normalized spacial score (nSPS) is 10.8. The van der Waals surface area contributed by atoms with Crippen molar-refractivity contribution in [3.05, 3.63) is 53.1 Å². The summed E-state index contributed by atoms with van der Waals surface area (Å²) in [6.45, 7) is 5.83. The van der Waals surface area contributed by atoms with E-state index in [1.165, 1.54) is 23.7 Å². The van der Waals surface area contributed by atoms with E-state index in [0.717, 1.165) is 21.8 Å². The van der Waals surface area contributed by atoms with Crippen molar-refractivity contribution in [3.8, 4) is 0 Å². The van der Waals surface area contributed by atoms with Gasteiger partial charge in [-0.2, -0.15) is 10.1 Å². The molecule has 0 aliphatic carbocycles. The predicted octanol–water partition coefficient (Wildman–Crippen LogP) is 1.92. The number of thioether (sulfide) groups is 1. The van der Waals surface area contributed by atoms with Crippen LogP contribution >= 0.6 is 11.8 Å². The van der Waals surface area contributed by atoms with E-state index in [0.29, 0.717) is 12.2 Å². The van der Waals surface area contributed by atoms with Crippen molar-refractivity contribution in [2.45, 2.75) is 38.5 Å². The molecule has 0 aliphatic heterocycles. The first-order valence-corrected chi connectivity index (χ1v) is 9.85. The van der Waals surface area contributed by atoms with Crippen molar-refractivity contribution in [3.63, 3.8) is 0 Å². The number of rotatable bonds is 6. The van der Waals surface area contributed by atoms with Gasteiger partial charge in [0.2, 0.25) is 11.8 Å². The highest BCUT2D eigenvalue weighted by Crippen LogP contribution is 2.17. The van der Waals surface area contributed by atoms with E-state index in [1.54, 1.807) is 4.52 Å². The molecule has 0 saturated heterocycles. The van der Waals surface area contributed by atoms with Crippen molar-refractivity contribution >= 4 is 29.4 Å². The van der Waals surface area contributed by atoms with Crippen LogP contribution in [0.1, 0.15) is 28.9 Å². The molecular formula is C19H22N6O2S. The molecule has 0 spiro atoms. The van der Waals surface area contributed by atoms with Crippen LogP contribution in [0.25, 0.3) is 5.78 Å². The highest BCUT2D eigenvalue weighted by Gasteiger charge is 2.13. The van der Waals surface area contributed by atoms with E-state index >= 15 is 0 Å². The maximum atomic E-state index is 12.1. The average Bonchev–Trinajstić information content (AvgIpc) is 3.14. The molecule has 3 rings (SSSR count). The lowest BCUT2D eigenvalue weighted by atomic mass is 10.1. The zero-order valence-corrected chi connectivity index (χ0v) is 16.8. The summed E-state index contributed by atoms with van der Waals surface area (Å²) in [5.41, 5.74) is 8.77. The van der Waals surface area contributed by atoms with Crippen LogP contribution in [0, 0.1) is 20.8 Å². The van der Waals surface area contributed by atoms with Gasteiger partial charge in [-0.1, -0.05) is 17.7 Å². The van der Waals surface area contributed by atoms with Crippen molar-refractivity contribution in [2.75, 3.05) is 5.75 Å². The maximum Gasteiger partial charge on any atom is 0.252 e. The molecule has 2 aromatic heterocycles. The molecule has 0 bridgehead atoms. The standard InChI is InChI=1S/C19H22N6O2S/c1-12-4-6-15(7-5-12)28-10-18(27)24-23-17(26)9-8-16-13(2)22-19-20-11-21-25(19)14(16)3/h4-7,11H,8-10H2,1-3H3,(H,23,26)(H,24,27). The first-order chi connectivity index (χ1) is 13.4. The number of aryl methyl sites for hydroxylation is 3. The Morgan fingerprint density at radius 1 is 1.07 bits per heavy atom.